The van der Waals surface area contributed by atoms with Crippen molar-refractivity contribution < 1.29 is 9.90 Å². The van der Waals surface area contributed by atoms with E-state index in [4.69, 9.17) is 5.11 Å². The summed E-state index contributed by atoms with van der Waals surface area (Å²) in [7, 11) is 1.90. The van der Waals surface area contributed by atoms with Crippen molar-refractivity contribution in [1.29, 1.82) is 0 Å². The summed E-state index contributed by atoms with van der Waals surface area (Å²) in [5.74, 6) is 0.802. The van der Waals surface area contributed by atoms with E-state index < -0.39 is 5.97 Å². The zero-order valence-corrected chi connectivity index (χ0v) is 11.8. The van der Waals surface area contributed by atoms with Gasteiger partial charge in [0.05, 0.1) is 16.6 Å². The molecule has 0 aliphatic heterocycles. The Bertz CT molecular complexity index is 818. The van der Waals surface area contributed by atoms with Crippen molar-refractivity contribution in [3.05, 3.63) is 41.7 Å². The van der Waals surface area contributed by atoms with Gasteiger partial charge in [0.2, 0.25) is 0 Å². The molecule has 1 aromatic carbocycles. The molecule has 0 bridgehead atoms. The Morgan fingerprint density at radius 1 is 1.38 bits per heavy atom. The zero-order valence-electron chi connectivity index (χ0n) is 11.8. The number of aryl methyl sites for hydroxylation is 4. The van der Waals surface area contributed by atoms with E-state index >= 15 is 0 Å². The first-order valence-electron chi connectivity index (χ1n) is 6.59. The molecule has 1 N–H and O–H groups in total. The van der Waals surface area contributed by atoms with E-state index in [0.29, 0.717) is 13.0 Å². The van der Waals surface area contributed by atoms with Gasteiger partial charge in [-0.3, -0.25) is 0 Å². The van der Waals surface area contributed by atoms with E-state index in [0.717, 1.165) is 22.7 Å². The molecule has 3 aromatic rings. The number of carboxylic acid groups (broad SMARTS) is 1. The van der Waals surface area contributed by atoms with Crippen LogP contribution in [0.2, 0.25) is 0 Å². The molecule has 0 aliphatic carbocycles. The molecule has 21 heavy (non-hydrogen) atoms. The van der Waals surface area contributed by atoms with Crippen LogP contribution in [0.25, 0.3) is 11.0 Å². The first-order valence-corrected chi connectivity index (χ1v) is 6.59. The number of benzene rings is 1. The van der Waals surface area contributed by atoms with Crippen LogP contribution in [0.5, 0.6) is 0 Å². The average Bonchev–Trinajstić information content (AvgIpc) is 2.98. The van der Waals surface area contributed by atoms with Crippen LogP contribution in [0, 0.1) is 6.92 Å². The van der Waals surface area contributed by atoms with Gasteiger partial charge in [0.15, 0.2) is 0 Å². The molecule has 0 aliphatic rings. The van der Waals surface area contributed by atoms with Gasteiger partial charge in [0.25, 0.3) is 0 Å². The monoisotopic (exact) mass is 285 g/mol. The van der Waals surface area contributed by atoms with Crippen molar-refractivity contribution in [2.45, 2.75) is 19.9 Å². The van der Waals surface area contributed by atoms with Crippen molar-refractivity contribution in [2.24, 2.45) is 7.05 Å². The molecule has 0 saturated heterocycles. The first-order chi connectivity index (χ1) is 10.1. The summed E-state index contributed by atoms with van der Waals surface area (Å²) < 4.78 is 3.88. The highest BCUT2D eigenvalue weighted by atomic mass is 16.4. The first kappa shape index (κ1) is 13.3. The van der Waals surface area contributed by atoms with Crippen molar-refractivity contribution in [2.75, 3.05) is 0 Å². The van der Waals surface area contributed by atoms with Crippen molar-refractivity contribution in [3.63, 3.8) is 0 Å². The third kappa shape index (κ3) is 2.37. The summed E-state index contributed by atoms with van der Waals surface area (Å²) in [5.41, 5.74) is 1.90. The van der Waals surface area contributed by atoms with Gasteiger partial charge < -0.3 is 14.2 Å². The highest BCUT2D eigenvalue weighted by Crippen LogP contribution is 2.18. The van der Waals surface area contributed by atoms with Crippen LogP contribution >= 0.6 is 0 Å². The molecule has 3 rings (SSSR count). The van der Waals surface area contributed by atoms with Crippen LogP contribution in [0.1, 0.15) is 22.0 Å². The fourth-order valence-corrected chi connectivity index (χ4v) is 2.40. The molecule has 108 valence electrons. The standard InChI is InChI=1S/C14H15N5O2/c1-9-16-11-4-3-10(14(20)21)7-12(11)19(9)6-5-13-17-15-8-18(13)2/h3-4,7-8H,5-6H2,1-2H3,(H,20,21). The minimum atomic E-state index is -0.935. The lowest BCUT2D eigenvalue weighted by atomic mass is 10.2. The molecule has 0 saturated carbocycles. The van der Waals surface area contributed by atoms with Gasteiger partial charge in [-0.2, -0.15) is 0 Å². The Kier molecular flexibility index (Phi) is 3.17. The average molecular weight is 285 g/mol. The lowest BCUT2D eigenvalue weighted by Gasteiger charge is -2.07. The molecule has 7 nitrogen and oxygen atoms in total. The van der Waals surface area contributed by atoms with Crippen molar-refractivity contribution >= 4 is 17.0 Å². The third-order valence-electron chi connectivity index (χ3n) is 3.55. The Morgan fingerprint density at radius 2 is 2.19 bits per heavy atom. The quantitative estimate of drug-likeness (QED) is 0.783. The third-order valence-corrected chi connectivity index (χ3v) is 3.55. The van der Waals surface area contributed by atoms with Crippen molar-refractivity contribution in [1.82, 2.24) is 24.3 Å². The maximum atomic E-state index is 11.1. The summed E-state index contributed by atoms with van der Waals surface area (Å²) in [6.45, 7) is 2.59. The Morgan fingerprint density at radius 3 is 2.86 bits per heavy atom. The molecule has 0 spiro atoms. The maximum Gasteiger partial charge on any atom is 0.335 e. The second kappa shape index (κ2) is 5.01. The molecule has 7 heteroatoms. The Labute approximate surface area is 120 Å². The second-order valence-electron chi connectivity index (χ2n) is 4.93. The summed E-state index contributed by atoms with van der Waals surface area (Å²) >= 11 is 0. The highest BCUT2D eigenvalue weighted by Gasteiger charge is 2.11. The number of nitrogens with zero attached hydrogens (tertiary/aromatic N) is 5. The largest absolute Gasteiger partial charge is 0.478 e. The van der Waals surface area contributed by atoms with Gasteiger partial charge >= 0.3 is 5.97 Å². The van der Waals surface area contributed by atoms with E-state index in [1.807, 2.05) is 23.1 Å². The number of hydrogen-bond acceptors (Lipinski definition) is 4. The number of hydrogen-bond donors (Lipinski definition) is 1. The van der Waals surface area contributed by atoms with E-state index in [2.05, 4.69) is 15.2 Å². The topological polar surface area (TPSA) is 85.8 Å². The van der Waals surface area contributed by atoms with Gasteiger partial charge in [0, 0.05) is 20.0 Å². The van der Waals surface area contributed by atoms with Crippen LogP contribution in [0.15, 0.2) is 24.5 Å². The van der Waals surface area contributed by atoms with E-state index in [9.17, 15) is 4.79 Å². The van der Waals surface area contributed by atoms with E-state index in [1.54, 1.807) is 24.5 Å². The van der Waals surface area contributed by atoms with Crippen LogP contribution in [0.3, 0.4) is 0 Å². The smallest absolute Gasteiger partial charge is 0.335 e. The van der Waals surface area contributed by atoms with Gasteiger partial charge in [-0.05, 0) is 25.1 Å². The summed E-state index contributed by atoms with van der Waals surface area (Å²) in [6.07, 6.45) is 2.37. The molecule has 0 radical (unpaired) electrons. The lowest BCUT2D eigenvalue weighted by Crippen LogP contribution is -2.07. The molecule has 0 unspecified atom stereocenters. The van der Waals surface area contributed by atoms with Gasteiger partial charge in [0.1, 0.15) is 18.0 Å². The predicted molar refractivity (Wildman–Crippen MR) is 76.1 cm³/mol. The molecule has 0 amide bonds. The van der Waals surface area contributed by atoms with Gasteiger partial charge in [-0.15, -0.1) is 10.2 Å². The zero-order chi connectivity index (χ0) is 15.0. The minimum Gasteiger partial charge on any atom is -0.478 e. The molecule has 0 atom stereocenters. The lowest BCUT2D eigenvalue weighted by molar-refractivity contribution is 0.0697. The number of aromatic nitrogens is 5. The van der Waals surface area contributed by atoms with E-state index in [-0.39, 0.29) is 5.56 Å². The van der Waals surface area contributed by atoms with Crippen LogP contribution < -0.4 is 0 Å². The van der Waals surface area contributed by atoms with Crippen LogP contribution in [0.4, 0.5) is 0 Å². The fraction of sp³-hybridized carbons (Fsp3) is 0.286. The minimum absolute atomic E-state index is 0.266. The molecular formula is C14H15N5O2. The number of aromatic carboxylic acids is 1. The van der Waals surface area contributed by atoms with Crippen molar-refractivity contribution in [3.8, 4) is 0 Å². The Hall–Kier alpha value is -2.70. The highest BCUT2D eigenvalue weighted by molar-refractivity contribution is 5.92. The molecular weight excluding hydrogens is 270 g/mol. The number of carbonyl (C=O) groups is 1. The molecule has 2 aromatic heterocycles. The number of imidazole rings is 1. The number of carboxylic acids is 1. The Balaban J connectivity index is 1.97. The molecule has 0 fully saturated rings. The van der Waals surface area contributed by atoms with Crippen LogP contribution in [-0.2, 0) is 20.0 Å². The maximum absolute atomic E-state index is 11.1. The molecule has 2 heterocycles. The predicted octanol–water partition coefficient (Wildman–Crippen LogP) is 1.41. The fourth-order valence-electron chi connectivity index (χ4n) is 2.40. The summed E-state index contributed by atoms with van der Waals surface area (Å²) in [4.78, 5) is 15.6. The van der Waals surface area contributed by atoms with Gasteiger partial charge in [-0.1, -0.05) is 0 Å². The summed E-state index contributed by atoms with van der Waals surface area (Å²) in [6, 6.07) is 4.98. The summed E-state index contributed by atoms with van der Waals surface area (Å²) in [5, 5.41) is 17.0. The number of fused-ring (bicyclic) bond motifs is 1. The normalized spacial score (nSPS) is 11.1. The van der Waals surface area contributed by atoms with Crippen LogP contribution in [-0.4, -0.2) is 35.4 Å². The second-order valence-corrected chi connectivity index (χ2v) is 4.93. The van der Waals surface area contributed by atoms with Gasteiger partial charge in [-0.25, -0.2) is 9.78 Å². The number of rotatable bonds is 4. The van der Waals surface area contributed by atoms with E-state index in [1.165, 1.54) is 0 Å². The SMILES string of the molecule is Cc1nc2ccc(C(=O)O)cc2n1CCc1nncn1C.